The molecule has 1 atom stereocenters. The standard InChI is InChI=1S/C12H14O3/c13-7-6-11-9-14-12(15-11)8-10-4-2-1-3-5-10/h1-5,9,12-13H,6-8H2. The number of aliphatic hydroxyl groups excluding tert-OH is 1. The molecule has 0 aliphatic carbocycles. The van der Waals surface area contributed by atoms with Crippen molar-refractivity contribution >= 4 is 0 Å². The Morgan fingerprint density at radius 2 is 2.00 bits per heavy atom. The third-order valence-corrected chi connectivity index (χ3v) is 2.24. The van der Waals surface area contributed by atoms with Crippen molar-refractivity contribution in [2.24, 2.45) is 0 Å². The molecule has 0 bridgehead atoms. The van der Waals surface area contributed by atoms with Gasteiger partial charge in [-0.15, -0.1) is 0 Å². The van der Waals surface area contributed by atoms with Gasteiger partial charge in [0.2, 0.25) is 6.29 Å². The molecule has 0 fully saturated rings. The van der Waals surface area contributed by atoms with Crippen molar-refractivity contribution in [3.05, 3.63) is 47.9 Å². The fourth-order valence-electron chi connectivity index (χ4n) is 1.50. The van der Waals surface area contributed by atoms with Crippen LogP contribution in [0.25, 0.3) is 0 Å². The molecule has 1 aliphatic rings. The van der Waals surface area contributed by atoms with Crippen LogP contribution in [0.3, 0.4) is 0 Å². The average molecular weight is 206 g/mol. The first-order chi connectivity index (χ1) is 7.38. The molecule has 80 valence electrons. The lowest BCUT2D eigenvalue weighted by molar-refractivity contribution is -0.0325. The van der Waals surface area contributed by atoms with Crippen molar-refractivity contribution in [1.29, 1.82) is 0 Å². The number of aliphatic hydroxyl groups is 1. The summed E-state index contributed by atoms with van der Waals surface area (Å²) in [6, 6.07) is 10.0. The first-order valence-corrected chi connectivity index (χ1v) is 5.04. The third kappa shape index (κ3) is 2.73. The first-order valence-electron chi connectivity index (χ1n) is 5.04. The van der Waals surface area contributed by atoms with E-state index in [0.29, 0.717) is 6.42 Å². The molecule has 1 aromatic carbocycles. The van der Waals surface area contributed by atoms with E-state index in [1.165, 1.54) is 5.56 Å². The van der Waals surface area contributed by atoms with Crippen LogP contribution in [-0.2, 0) is 15.9 Å². The molecule has 1 heterocycles. The van der Waals surface area contributed by atoms with Crippen LogP contribution in [0.1, 0.15) is 12.0 Å². The molecule has 2 rings (SSSR count). The normalized spacial score (nSPS) is 19.3. The third-order valence-electron chi connectivity index (χ3n) is 2.24. The highest BCUT2D eigenvalue weighted by Gasteiger charge is 2.18. The minimum atomic E-state index is -0.242. The van der Waals surface area contributed by atoms with Gasteiger partial charge in [0.15, 0.2) is 0 Å². The second-order valence-corrected chi connectivity index (χ2v) is 3.43. The second-order valence-electron chi connectivity index (χ2n) is 3.43. The predicted octanol–water partition coefficient (Wildman–Crippen LogP) is 1.83. The molecule has 0 aromatic heterocycles. The molecular weight excluding hydrogens is 192 g/mol. The Morgan fingerprint density at radius 1 is 1.20 bits per heavy atom. The highest BCUT2D eigenvalue weighted by molar-refractivity contribution is 5.15. The summed E-state index contributed by atoms with van der Waals surface area (Å²) in [6.07, 6.45) is 2.59. The maximum atomic E-state index is 8.73. The molecule has 15 heavy (non-hydrogen) atoms. The molecular formula is C12H14O3. The number of hydrogen-bond acceptors (Lipinski definition) is 3. The summed E-state index contributed by atoms with van der Waals surface area (Å²) in [6.45, 7) is 0.0905. The van der Waals surface area contributed by atoms with E-state index in [1.807, 2.05) is 30.3 Å². The first kappa shape index (κ1) is 10.1. The minimum Gasteiger partial charge on any atom is -0.459 e. The van der Waals surface area contributed by atoms with E-state index in [1.54, 1.807) is 6.26 Å². The average Bonchev–Trinajstić information content (AvgIpc) is 2.68. The molecule has 3 nitrogen and oxygen atoms in total. The van der Waals surface area contributed by atoms with Gasteiger partial charge in [-0.25, -0.2) is 0 Å². The van der Waals surface area contributed by atoms with Gasteiger partial charge in [-0.05, 0) is 5.56 Å². The molecule has 3 heteroatoms. The molecule has 0 amide bonds. The lowest BCUT2D eigenvalue weighted by atomic mass is 10.1. The Balaban J connectivity index is 1.84. The van der Waals surface area contributed by atoms with E-state index < -0.39 is 0 Å². The Hall–Kier alpha value is -1.48. The fraction of sp³-hybridized carbons (Fsp3) is 0.333. The summed E-state index contributed by atoms with van der Waals surface area (Å²) in [5.41, 5.74) is 1.18. The van der Waals surface area contributed by atoms with E-state index >= 15 is 0 Å². The predicted molar refractivity (Wildman–Crippen MR) is 55.9 cm³/mol. The zero-order chi connectivity index (χ0) is 10.5. The summed E-state index contributed by atoms with van der Waals surface area (Å²) in [5.74, 6) is 0.721. The SMILES string of the molecule is OCCC1=COC(Cc2ccccc2)O1. The van der Waals surface area contributed by atoms with Crippen molar-refractivity contribution in [2.45, 2.75) is 19.1 Å². The minimum absolute atomic E-state index is 0.0905. The van der Waals surface area contributed by atoms with E-state index in [-0.39, 0.29) is 12.9 Å². The smallest absolute Gasteiger partial charge is 0.244 e. The van der Waals surface area contributed by atoms with Crippen molar-refractivity contribution < 1.29 is 14.6 Å². The Labute approximate surface area is 88.9 Å². The van der Waals surface area contributed by atoms with Gasteiger partial charge >= 0.3 is 0 Å². The Kier molecular flexibility index (Phi) is 3.25. The number of rotatable bonds is 4. The van der Waals surface area contributed by atoms with E-state index in [4.69, 9.17) is 14.6 Å². The van der Waals surface area contributed by atoms with Gasteiger partial charge in [0.05, 0.1) is 6.61 Å². The van der Waals surface area contributed by atoms with Crippen molar-refractivity contribution in [3.63, 3.8) is 0 Å². The maximum Gasteiger partial charge on any atom is 0.244 e. The van der Waals surface area contributed by atoms with Gasteiger partial charge in [0.1, 0.15) is 12.0 Å². The van der Waals surface area contributed by atoms with Crippen LogP contribution in [0.4, 0.5) is 0 Å². The molecule has 0 saturated carbocycles. The topological polar surface area (TPSA) is 38.7 Å². The summed E-state index contributed by atoms with van der Waals surface area (Å²) in [5, 5.41) is 8.73. The highest BCUT2D eigenvalue weighted by Crippen LogP contribution is 2.19. The van der Waals surface area contributed by atoms with Crippen LogP contribution in [0.5, 0.6) is 0 Å². The van der Waals surface area contributed by atoms with Gasteiger partial charge in [0.25, 0.3) is 0 Å². The fourth-order valence-corrected chi connectivity index (χ4v) is 1.50. The molecule has 0 saturated heterocycles. The second kappa shape index (κ2) is 4.84. The van der Waals surface area contributed by atoms with Gasteiger partial charge in [-0.2, -0.15) is 0 Å². The van der Waals surface area contributed by atoms with Gasteiger partial charge < -0.3 is 14.6 Å². The quantitative estimate of drug-likeness (QED) is 0.816. The number of ether oxygens (including phenoxy) is 2. The van der Waals surface area contributed by atoms with Crippen LogP contribution in [0.2, 0.25) is 0 Å². The van der Waals surface area contributed by atoms with E-state index in [2.05, 4.69) is 0 Å². The van der Waals surface area contributed by atoms with Crippen molar-refractivity contribution in [1.82, 2.24) is 0 Å². The van der Waals surface area contributed by atoms with Crippen LogP contribution in [0.15, 0.2) is 42.4 Å². The maximum absolute atomic E-state index is 8.73. The Bertz CT molecular complexity index is 332. The van der Waals surface area contributed by atoms with Gasteiger partial charge in [-0.1, -0.05) is 30.3 Å². The lowest BCUT2D eigenvalue weighted by Gasteiger charge is -2.11. The van der Waals surface area contributed by atoms with E-state index in [0.717, 1.165) is 12.2 Å². The zero-order valence-electron chi connectivity index (χ0n) is 8.43. The molecule has 1 unspecified atom stereocenters. The number of hydrogen-bond donors (Lipinski definition) is 1. The number of benzene rings is 1. The molecule has 1 aromatic rings. The monoisotopic (exact) mass is 206 g/mol. The summed E-state index contributed by atoms with van der Waals surface area (Å²) >= 11 is 0. The molecule has 0 radical (unpaired) electrons. The highest BCUT2D eigenvalue weighted by atomic mass is 16.7. The van der Waals surface area contributed by atoms with Crippen LogP contribution < -0.4 is 0 Å². The van der Waals surface area contributed by atoms with Crippen LogP contribution in [-0.4, -0.2) is 18.0 Å². The van der Waals surface area contributed by atoms with Crippen molar-refractivity contribution in [2.75, 3.05) is 6.61 Å². The molecule has 1 aliphatic heterocycles. The van der Waals surface area contributed by atoms with Crippen LogP contribution in [0, 0.1) is 0 Å². The lowest BCUT2D eigenvalue weighted by Crippen LogP contribution is -2.12. The largest absolute Gasteiger partial charge is 0.459 e. The van der Waals surface area contributed by atoms with Crippen molar-refractivity contribution in [3.8, 4) is 0 Å². The Morgan fingerprint density at radius 3 is 2.73 bits per heavy atom. The molecule has 1 N–H and O–H groups in total. The molecule has 0 spiro atoms. The zero-order valence-corrected chi connectivity index (χ0v) is 8.43. The van der Waals surface area contributed by atoms with Gasteiger partial charge in [-0.3, -0.25) is 0 Å². The van der Waals surface area contributed by atoms with Crippen LogP contribution >= 0.6 is 0 Å². The van der Waals surface area contributed by atoms with Gasteiger partial charge in [0, 0.05) is 12.8 Å². The summed E-state index contributed by atoms with van der Waals surface area (Å²) in [7, 11) is 0. The summed E-state index contributed by atoms with van der Waals surface area (Å²) < 4.78 is 10.8. The summed E-state index contributed by atoms with van der Waals surface area (Å²) in [4.78, 5) is 0. The van der Waals surface area contributed by atoms with E-state index in [9.17, 15) is 0 Å².